The van der Waals surface area contributed by atoms with Gasteiger partial charge in [0.05, 0.1) is 25.2 Å². The van der Waals surface area contributed by atoms with Crippen molar-refractivity contribution in [1.82, 2.24) is 9.80 Å². The second-order valence-corrected chi connectivity index (χ2v) is 18.6. The lowest BCUT2D eigenvalue weighted by Crippen LogP contribution is -2.40. The number of carbonyl (C=O) groups is 2. The van der Waals surface area contributed by atoms with Gasteiger partial charge in [0.2, 0.25) is 0 Å². The molecule has 0 bridgehead atoms. The minimum Gasteiger partial charge on any atom is -0.465 e. The predicted octanol–water partition coefficient (Wildman–Crippen LogP) is 13.4. The molecule has 0 spiro atoms. The first kappa shape index (κ1) is 57.2. The molecule has 0 aliphatic heterocycles. The number of hydrogen-bond donors (Lipinski definition) is 1. The topological polar surface area (TPSA) is 79.3 Å². The van der Waals surface area contributed by atoms with Crippen LogP contribution in [0.2, 0.25) is 0 Å². The summed E-state index contributed by atoms with van der Waals surface area (Å²) in [6.45, 7) is 20.1. The second kappa shape index (κ2) is 44.2. The van der Waals surface area contributed by atoms with Crippen molar-refractivity contribution in [3.05, 3.63) is 0 Å². The number of rotatable bonds is 46. The van der Waals surface area contributed by atoms with Crippen LogP contribution >= 0.6 is 11.8 Å². The first-order valence-corrected chi connectivity index (χ1v) is 26.5. The number of esters is 2. The van der Waals surface area contributed by atoms with E-state index in [4.69, 9.17) is 9.47 Å². The fraction of sp³-hybridized carbons (Fsp3) is 0.960. The number of nitrogens with zero attached hydrogens (tertiary/aromatic N) is 2. The Balaban J connectivity index is 4.62. The van der Waals surface area contributed by atoms with Crippen molar-refractivity contribution < 1.29 is 24.2 Å². The minimum absolute atomic E-state index is 0.0106. The minimum atomic E-state index is -0.393. The van der Waals surface area contributed by atoms with E-state index in [0.29, 0.717) is 37.9 Å². The van der Waals surface area contributed by atoms with Gasteiger partial charge in [0.1, 0.15) is 0 Å². The molecule has 0 aromatic heterocycles. The van der Waals surface area contributed by atoms with E-state index in [-0.39, 0.29) is 17.9 Å². The molecule has 3 unspecified atom stereocenters. The Bertz CT molecular complexity index is 875. The average Bonchev–Trinajstić information content (AvgIpc) is 3.22. The summed E-state index contributed by atoms with van der Waals surface area (Å²) >= 11 is 1.77. The first-order valence-electron chi connectivity index (χ1n) is 25.4. The van der Waals surface area contributed by atoms with Crippen LogP contribution in [0, 0.1) is 11.8 Å². The van der Waals surface area contributed by atoms with Crippen LogP contribution < -0.4 is 0 Å². The zero-order valence-corrected chi connectivity index (χ0v) is 40.5. The molecular weight excluding hydrogens is 741 g/mol. The molecule has 3 atom stereocenters. The molecule has 0 rings (SSSR count). The number of unbranched alkanes of at least 4 members (excludes halogenated alkanes) is 18. The Morgan fingerprint density at radius 3 is 1.57 bits per heavy atom. The van der Waals surface area contributed by atoms with Gasteiger partial charge in [-0.2, -0.15) is 11.8 Å². The Morgan fingerprint density at radius 2 is 1.02 bits per heavy atom. The van der Waals surface area contributed by atoms with Gasteiger partial charge >= 0.3 is 11.9 Å². The maximum absolute atomic E-state index is 13.0. The molecule has 0 saturated carbocycles. The number of carbonyl (C=O) groups excluding carboxylic acids is 2. The third-order valence-electron chi connectivity index (χ3n) is 12.0. The van der Waals surface area contributed by atoms with Gasteiger partial charge in [-0.3, -0.25) is 14.5 Å². The standard InChI is InChI=1S/C50H100N2O5S/c1-7-13-17-21-23-27-34-46(33-26-19-15-9-3)44-57-49(54)37-30-25-31-38-52(40-39-51(11-5)12-6)43-48(53)45-58-42-32-41-56-50(55)47(35-28-20-16-10-4)36-29-24-22-18-14-8-2/h46-48,53H,7-45H2,1-6H3. The quantitative estimate of drug-likeness (QED) is 0.0480. The van der Waals surface area contributed by atoms with Crippen molar-refractivity contribution in [3.8, 4) is 0 Å². The van der Waals surface area contributed by atoms with E-state index in [9.17, 15) is 14.7 Å². The Hall–Kier alpha value is -0.830. The SMILES string of the molecule is CCCCCCCCC(CCCCCC)COC(=O)CCCCCN(CCN(CC)CC)CC(O)CSCCCOC(=O)C(CCCCCC)CCCCCCCC. The van der Waals surface area contributed by atoms with Gasteiger partial charge in [-0.25, -0.2) is 0 Å². The molecule has 1 N–H and O–H groups in total. The van der Waals surface area contributed by atoms with Gasteiger partial charge in [-0.1, -0.05) is 176 Å². The van der Waals surface area contributed by atoms with Gasteiger partial charge in [-0.05, 0) is 76.3 Å². The molecule has 8 heteroatoms. The summed E-state index contributed by atoms with van der Waals surface area (Å²) in [5.74, 6) is 2.12. The largest absolute Gasteiger partial charge is 0.465 e. The molecule has 58 heavy (non-hydrogen) atoms. The first-order chi connectivity index (χ1) is 28.3. The average molecular weight is 841 g/mol. The summed E-state index contributed by atoms with van der Waals surface area (Å²) in [5.41, 5.74) is 0. The summed E-state index contributed by atoms with van der Waals surface area (Å²) < 4.78 is 11.6. The molecule has 0 aliphatic rings. The summed E-state index contributed by atoms with van der Waals surface area (Å²) in [6.07, 6.45) is 33.4. The Labute approximate surface area is 366 Å². The van der Waals surface area contributed by atoms with Gasteiger partial charge in [0.25, 0.3) is 0 Å². The monoisotopic (exact) mass is 841 g/mol. The van der Waals surface area contributed by atoms with Gasteiger partial charge in [0, 0.05) is 31.8 Å². The maximum Gasteiger partial charge on any atom is 0.308 e. The summed E-state index contributed by atoms with van der Waals surface area (Å²) in [5, 5.41) is 11.0. The van der Waals surface area contributed by atoms with Crippen LogP contribution in [0.3, 0.4) is 0 Å². The zero-order chi connectivity index (χ0) is 42.7. The van der Waals surface area contributed by atoms with E-state index in [0.717, 1.165) is 89.8 Å². The van der Waals surface area contributed by atoms with E-state index in [1.54, 1.807) is 11.8 Å². The molecule has 7 nitrogen and oxygen atoms in total. The van der Waals surface area contributed by atoms with Gasteiger partial charge in [0.15, 0.2) is 0 Å². The normalized spacial score (nSPS) is 13.3. The van der Waals surface area contributed by atoms with Crippen LogP contribution in [-0.2, 0) is 19.1 Å². The number of ether oxygens (including phenoxy) is 2. The van der Waals surface area contributed by atoms with Crippen molar-refractivity contribution in [2.24, 2.45) is 11.8 Å². The molecule has 0 aliphatic carbocycles. The van der Waals surface area contributed by atoms with Crippen LogP contribution in [0.15, 0.2) is 0 Å². The number of aliphatic hydroxyl groups excluding tert-OH is 1. The molecule has 0 aromatic carbocycles. The summed E-state index contributed by atoms with van der Waals surface area (Å²) in [4.78, 5) is 30.6. The Kier molecular flexibility index (Phi) is 43.6. The number of thioether (sulfide) groups is 1. The smallest absolute Gasteiger partial charge is 0.308 e. The van der Waals surface area contributed by atoms with Crippen molar-refractivity contribution in [2.75, 3.05) is 64.0 Å². The number of likely N-dealkylation sites (N-methyl/N-ethyl adjacent to an activating group) is 1. The molecular formula is C50H100N2O5S. The highest BCUT2D eigenvalue weighted by Crippen LogP contribution is 2.22. The van der Waals surface area contributed by atoms with Crippen molar-refractivity contribution in [3.63, 3.8) is 0 Å². The van der Waals surface area contributed by atoms with E-state index < -0.39 is 6.10 Å². The fourth-order valence-corrected chi connectivity index (χ4v) is 8.82. The third kappa shape index (κ3) is 37.0. The highest BCUT2D eigenvalue weighted by molar-refractivity contribution is 7.99. The summed E-state index contributed by atoms with van der Waals surface area (Å²) in [7, 11) is 0. The molecule has 0 amide bonds. The fourth-order valence-electron chi connectivity index (χ4n) is 7.96. The van der Waals surface area contributed by atoms with Gasteiger partial charge < -0.3 is 19.5 Å². The number of aliphatic hydroxyl groups is 1. The molecule has 0 radical (unpaired) electrons. The number of hydrogen-bond acceptors (Lipinski definition) is 8. The second-order valence-electron chi connectivity index (χ2n) is 17.4. The molecule has 346 valence electrons. The predicted molar refractivity (Wildman–Crippen MR) is 253 cm³/mol. The summed E-state index contributed by atoms with van der Waals surface area (Å²) in [6, 6.07) is 0. The van der Waals surface area contributed by atoms with E-state index >= 15 is 0 Å². The lowest BCUT2D eigenvalue weighted by atomic mass is 9.94. The lowest BCUT2D eigenvalue weighted by molar-refractivity contribution is -0.149. The van der Waals surface area contributed by atoms with Crippen LogP contribution in [0.25, 0.3) is 0 Å². The van der Waals surface area contributed by atoms with E-state index in [2.05, 4.69) is 51.3 Å². The van der Waals surface area contributed by atoms with Crippen LogP contribution in [0.5, 0.6) is 0 Å². The van der Waals surface area contributed by atoms with E-state index in [1.165, 1.54) is 128 Å². The zero-order valence-electron chi connectivity index (χ0n) is 39.7. The highest BCUT2D eigenvalue weighted by Gasteiger charge is 2.20. The van der Waals surface area contributed by atoms with Crippen LogP contribution in [-0.4, -0.2) is 96.9 Å². The Morgan fingerprint density at radius 1 is 0.534 bits per heavy atom. The van der Waals surface area contributed by atoms with Crippen LogP contribution in [0.4, 0.5) is 0 Å². The molecule has 0 fully saturated rings. The third-order valence-corrected chi connectivity index (χ3v) is 13.2. The van der Waals surface area contributed by atoms with Crippen LogP contribution in [0.1, 0.15) is 228 Å². The van der Waals surface area contributed by atoms with Gasteiger partial charge in [-0.15, -0.1) is 0 Å². The molecule has 0 saturated heterocycles. The highest BCUT2D eigenvalue weighted by atomic mass is 32.2. The van der Waals surface area contributed by atoms with Crippen molar-refractivity contribution in [2.45, 2.75) is 234 Å². The molecule has 0 heterocycles. The lowest BCUT2D eigenvalue weighted by Gasteiger charge is -2.28. The maximum atomic E-state index is 13.0. The molecule has 0 aromatic rings. The van der Waals surface area contributed by atoms with Crippen molar-refractivity contribution >= 4 is 23.7 Å². The van der Waals surface area contributed by atoms with Crippen molar-refractivity contribution in [1.29, 1.82) is 0 Å². The van der Waals surface area contributed by atoms with E-state index in [1.807, 2.05) is 0 Å².